The quantitative estimate of drug-likeness (QED) is 0.850. The van der Waals surface area contributed by atoms with Gasteiger partial charge in [-0.1, -0.05) is 17.7 Å². The van der Waals surface area contributed by atoms with Crippen molar-refractivity contribution in [1.82, 2.24) is 0 Å². The number of carbonyl (C=O) groups excluding carboxylic acids is 1. The van der Waals surface area contributed by atoms with Gasteiger partial charge in [-0.2, -0.15) is 22.0 Å². The van der Waals surface area contributed by atoms with Gasteiger partial charge in [0.25, 0.3) is 0 Å². The largest absolute Gasteiger partial charge is 0.463 e. The van der Waals surface area contributed by atoms with E-state index >= 15 is 0 Å². The van der Waals surface area contributed by atoms with E-state index in [1.807, 2.05) is 0 Å². The van der Waals surface area contributed by atoms with Gasteiger partial charge in [0.15, 0.2) is 0 Å². The highest BCUT2D eigenvalue weighted by Gasteiger charge is 2.64. The summed E-state index contributed by atoms with van der Waals surface area (Å²) >= 11 is 0. The van der Waals surface area contributed by atoms with Gasteiger partial charge in [0.05, 0.1) is 0 Å². The van der Waals surface area contributed by atoms with Gasteiger partial charge >= 0.3 is 18.0 Å². The number of aryl methyl sites for hydroxylation is 1. The number of rotatable bonds is 5. The lowest BCUT2D eigenvalue weighted by atomic mass is 10.2. The molecule has 0 radical (unpaired) electrons. The smallest absolute Gasteiger partial charge is 0.330 e. The van der Waals surface area contributed by atoms with E-state index in [4.69, 9.17) is 5.73 Å². The zero-order chi connectivity index (χ0) is 16.3. The van der Waals surface area contributed by atoms with Crippen molar-refractivity contribution in [3.05, 3.63) is 29.8 Å². The fourth-order valence-corrected chi connectivity index (χ4v) is 1.61. The van der Waals surface area contributed by atoms with Gasteiger partial charge in [-0.25, -0.2) is 0 Å². The van der Waals surface area contributed by atoms with E-state index in [0.29, 0.717) is 4.90 Å². The molecule has 1 aromatic carbocycles. The standard InChI is InChI=1S/C13H15F5N2O/c1-9-3-5-10(6-4-9)20(8-2-7-19)11(21)12(14,15)13(16,17)18/h3-6H,2,7-8,19H2,1H3. The Morgan fingerprint density at radius 1 is 1.14 bits per heavy atom. The van der Waals surface area contributed by atoms with E-state index < -0.39 is 18.0 Å². The monoisotopic (exact) mass is 310 g/mol. The third-order valence-electron chi connectivity index (χ3n) is 2.80. The Labute approximate surface area is 118 Å². The summed E-state index contributed by atoms with van der Waals surface area (Å²) in [6.45, 7) is 1.47. The second-order valence-corrected chi connectivity index (χ2v) is 4.51. The number of amides is 1. The van der Waals surface area contributed by atoms with Gasteiger partial charge < -0.3 is 10.6 Å². The zero-order valence-electron chi connectivity index (χ0n) is 11.3. The molecule has 0 aliphatic carbocycles. The van der Waals surface area contributed by atoms with Crippen LogP contribution in [0.1, 0.15) is 12.0 Å². The van der Waals surface area contributed by atoms with E-state index in [9.17, 15) is 26.7 Å². The van der Waals surface area contributed by atoms with Crippen molar-refractivity contribution in [3.63, 3.8) is 0 Å². The lowest BCUT2D eigenvalue weighted by Crippen LogP contribution is -2.52. The molecule has 0 aliphatic rings. The molecule has 2 N–H and O–H groups in total. The first-order valence-corrected chi connectivity index (χ1v) is 6.14. The van der Waals surface area contributed by atoms with Crippen LogP contribution in [0.3, 0.4) is 0 Å². The van der Waals surface area contributed by atoms with E-state index in [-0.39, 0.29) is 25.2 Å². The first-order valence-electron chi connectivity index (χ1n) is 6.14. The van der Waals surface area contributed by atoms with E-state index in [1.54, 1.807) is 6.92 Å². The third-order valence-corrected chi connectivity index (χ3v) is 2.80. The maximum Gasteiger partial charge on any atom is 0.463 e. The topological polar surface area (TPSA) is 46.3 Å². The summed E-state index contributed by atoms with van der Waals surface area (Å²) in [5.74, 6) is -7.74. The van der Waals surface area contributed by atoms with Crippen molar-refractivity contribution < 1.29 is 26.7 Å². The molecule has 0 aliphatic heterocycles. The molecule has 0 heterocycles. The number of halogens is 5. The molecule has 8 heteroatoms. The minimum Gasteiger partial charge on any atom is -0.330 e. The number of alkyl halides is 5. The Morgan fingerprint density at radius 2 is 1.67 bits per heavy atom. The van der Waals surface area contributed by atoms with Crippen LogP contribution in [-0.2, 0) is 4.79 Å². The van der Waals surface area contributed by atoms with Crippen molar-refractivity contribution in [2.45, 2.75) is 25.4 Å². The van der Waals surface area contributed by atoms with Crippen LogP contribution < -0.4 is 10.6 Å². The average Bonchev–Trinajstić information content (AvgIpc) is 2.39. The Balaban J connectivity index is 3.13. The highest BCUT2D eigenvalue weighted by molar-refractivity contribution is 5.99. The summed E-state index contributed by atoms with van der Waals surface area (Å²) in [4.78, 5) is 12.0. The minimum absolute atomic E-state index is 0.0250. The normalized spacial score (nSPS) is 12.3. The average molecular weight is 310 g/mol. The fraction of sp³-hybridized carbons (Fsp3) is 0.462. The Morgan fingerprint density at radius 3 is 2.10 bits per heavy atom. The lowest BCUT2D eigenvalue weighted by molar-refractivity contribution is -0.268. The molecule has 1 rings (SSSR count). The van der Waals surface area contributed by atoms with Crippen LogP contribution in [0.15, 0.2) is 24.3 Å². The highest BCUT2D eigenvalue weighted by atomic mass is 19.4. The summed E-state index contributed by atoms with van der Waals surface area (Å²) in [6.07, 6.45) is -5.83. The number of carbonyl (C=O) groups is 1. The van der Waals surface area contributed by atoms with Crippen LogP contribution in [0.2, 0.25) is 0 Å². The summed E-state index contributed by atoms with van der Waals surface area (Å²) < 4.78 is 63.4. The summed E-state index contributed by atoms with van der Waals surface area (Å²) in [7, 11) is 0. The fourth-order valence-electron chi connectivity index (χ4n) is 1.61. The molecule has 0 bridgehead atoms. The van der Waals surface area contributed by atoms with E-state index in [0.717, 1.165) is 5.56 Å². The van der Waals surface area contributed by atoms with Gasteiger partial charge in [-0.3, -0.25) is 4.79 Å². The molecular formula is C13H15F5N2O. The Bertz CT molecular complexity index is 484. The number of nitrogens with zero attached hydrogens (tertiary/aromatic N) is 1. The van der Waals surface area contributed by atoms with Crippen LogP contribution in [-0.4, -0.2) is 31.1 Å². The predicted molar refractivity (Wildman–Crippen MR) is 68.2 cm³/mol. The first kappa shape index (κ1) is 17.4. The third kappa shape index (κ3) is 3.90. The van der Waals surface area contributed by atoms with Crippen LogP contribution in [0.4, 0.5) is 27.6 Å². The number of hydrogen-bond acceptors (Lipinski definition) is 2. The van der Waals surface area contributed by atoms with Crippen LogP contribution >= 0.6 is 0 Å². The van der Waals surface area contributed by atoms with Gasteiger partial charge in [-0.15, -0.1) is 0 Å². The lowest BCUT2D eigenvalue weighted by Gasteiger charge is -2.28. The molecule has 0 aromatic heterocycles. The molecule has 0 saturated heterocycles. The molecule has 3 nitrogen and oxygen atoms in total. The Hall–Kier alpha value is -1.70. The molecule has 0 spiro atoms. The van der Waals surface area contributed by atoms with Crippen molar-refractivity contribution in [2.75, 3.05) is 18.0 Å². The second kappa shape index (κ2) is 6.38. The SMILES string of the molecule is Cc1ccc(N(CCCN)C(=O)C(F)(F)C(F)(F)F)cc1. The molecule has 0 unspecified atom stereocenters. The molecule has 0 atom stereocenters. The van der Waals surface area contributed by atoms with Crippen molar-refractivity contribution >= 4 is 11.6 Å². The molecule has 21 heavy (non-hydrogen) atoms. The maximum absolute atomic E-state index is 13.2. The van der Waals surface area contributed by atoms with Gasteiger partial charge in [0.2, 0.25) is 0 Å². The summed E-state index contributed by atoms with van der Waals surface area (Å²) in [5.41, 5.74) is 5.99. The molecule has 1 aromatic rings. The van der Waals surface area contributed by atoms with E-state index in [1.165, 1.54) is 24.3 Å². The van der Waals surface area contributed by atoms with Crippen molar-refractivity contribution in [3.8, 4) is 0 Å². The number of anilines is 1. The second-order valence-electron chi connectivity index (χ2n) is 4.51. The first-order chi connectivity index (χ1) is 9.61. The van der Waals surface area contributed by atoms with Crippen molar-refractivity contribution in [2.24, 2.45) is 5.73 Å². The van der Waals surface area contributed by atoms with Crippen LogP contribution in [0.25, 0.3) is 0 Å². The molecule has 0 fully saturated rings. The molecule has 1 amide bonds. The molecule has 118 valence electrons. The van der Waals surface area contributed by atoms with Gasteiger partial charge in [0.1, 0.15) is 0 Å². The molecular weight excluding hydrogens is 295 g/mol. The number of benzene rings is 1. The molecule has 0 saturated carbocycles. The summed E-state index contributed by atoms with van der Waals surface area (Å²) in [6, 6.07) is 5.67. The highest BCUT2D eigenvalue weighted by Crippen LogP contribution is 2.37. The Kier molecular flexibility index (Phi) is 5.27. The number of hydrogen-bond donors (Lipinski definition) is 1. The zero-order valence-corrected chi connectivity index (χ0v) is 11.3. The maximum atomic E-state index is 13.2. The van der Waals surface area contributed by atoms with Crippen LogP contribution in [0, 0.1) is 6.92 Å². The van der Waals surface area contributed by atoms with Gasteiger partial charge in [-0.05, 0) is 32.0 Å². The number of nitrogens with two attached hydrogens (primary N) is 1. The predicted octanol–water partition coefficient (Wildman–Crippen LogP) is 2.87. The van der Waals surface area contributed by atoms with Crippen molar-refractivity contribution in [1.29, 1.82) is 0 Å². The van der Waals surface area contributed by atoms with E-state index in [2.05, 4.69) is 0 Å². The minimum atomic E-state index is -5.93. The summed E-state index contributed by atoms with van der Waals surface area (Å²) in [5, 5.41) is 0. The van der Waals surface area contributed by atoms with Gasteiger partial charge in [0, 0.05) is 12.2 Å². The van der Waals surface area contributed by atoms with Crippen LogP contribution in [0.5, 0.6) is 0 Å².